The maximum atomic E-state index is 9.80. The zero-order valence-electron chi connectivity index (χ0n) is 11.2. The molecule has 21 heavy (non-hydrogen) atoms. The average Bonchev–Trinajstić information content (AvgIpc) is 3.09. The highest BCUT2D eigenvalue weighted by Crippen LogP contribution is 2.46. The van der Waals surface area contributed by atoms with Crippen LogP contribution in [0.3, 0.4) is 0 Å². The third kappa shape index (κ3) is 1.61. The van der Waals surface area contributed by atoms with E-state index in [4.69, 9.17) is 16.5 Å². The van der Waals surface area contributed by atoms with Crippen molar-refractivity contribution in [1.29, 1.82) is 0 Å². The highest BCUT2D eigenvalue weighted by atomic mass is 35.5. The van der Waals surface area contributed by atoms with Gasteiger partial charge in [0.15, 0.2) is 0 Å². The van der Waals surface area contributed by atoms with Crippen LogP contribution in [-0.4, -0.2) is 29.1 Å². The van der Waals surface area contributed by atoms with Gasteiger partial charge in [0.25, 0.3) is 0 Å². The molecule has 2 aliphatic rings. The number of fused-ring (bicyclic) bond motifs is 3. The van der Waals surface area contributed by atoms with E-state index in [-0.39, 0.29) is 0 Å². The molecular weight excluding hydrogens is 288 g/mol. The van der Waals surface area contributed by atoms with Gasteiger partial charge in [0.2, 0.25) is 5.72 Å². The SMILES string of the molecule is OOC1(c2ccc(Cl)cc2)c2ccccc2C2=NCCN21. The third-order valence-electron chi connectivity index (χ3n) is 4.12. The van der Waals surface area contributed by atoms with E-state index in [1.165, 1.54) is 0 Å². The first-order chi connectivity index (χ1) is 10.3. The molecule has 2 aromatic rings. The average molecular weight is 301 g/mol. The Morgan fingerprint density at radius 1 is 1.14 bits per heavy atom. The number of nitrogens with zero attached hydrogens (tertiary/aromatic N) is 2. The van der Waals surface area contributed by atoms with Gasteiger partial charge in [-0.15, -0.1) is 0 Å². The van der Waals surface area contributed by atoms with E-state index in [9.17, 15) is 5.26 Å². The number of aliphatic imine (C=N–C) groups is 1. The summed E-state index contributed by atoms with van der Waals surface area (Å²) < 4.78 is 0. The Bertz CT molecular complexity index is 729. The van der Waals surface area contributed by atoms with E-state index in [2.05, 4.69) is 4.99 Å². The summed E-state index contributed by atoms with van der Waals surface area (Å²) >= 11 is 5.98. The Balaban J connectivity index is 2.00. The van der Waals surface area contributed by atoms with Crippen LogP contribution >= 0.6 is 11.6 Å². The summed E-state index contributed by atoms with van der Waals surface area (Å²) in [6.07, 6.45) is 0. The predicted molar refractivity (Wildman–Crippen MR) is 80.5 cm³/mol. The number of halogens is 1. The zero-order chi connectivity index (χ0) is 14.4. The molecule has 0 saturated carbocycles. The Hall–Kier alpha value is -1.88. The van der Waals surface area contributed by atoms with E-state index in [1.807, 2.05) is 41.3 Å². The van der Waals surface area contributed by atoms with Gasteiger partial charge in [0, 0.05) is 28.3 Å². The minimum absolute atomic E-state index is 0.647. The first-order valence-electron chi connectivity index (χ1n) is 6.78. The summed E-state index contributed by atoms with van der Waals surface area (Å²) in [4.78, 5) is 11.6. The van der Waals surface area contributed by atoms with Crippen LogP contribution in [0.15, 0.2) is 53.5 Å². The lowest BCUT2D eigenvalue weighted by molar-refractivity contribution is -0.344. The molecule has 0 saturated heterocycles. The van der Waals surface area contributed by atoms with E-state index in [1.54, 1.807) is 12.1 Å². The summed E-state index contributed by atoms with van der Waals surface area (Å²) in [5.41, 5.74) is 1.68. The molecule has 2 aromatic carbocycles. The lowest BCUT2D eigenvalue weighted by Gasteiger charge is -2.35. The summed E-state index contributed by atoms with van der Waals surface area (Å²) in [7, 11) is 0. The van der Waals surface area contributed by atoms with Gasteiger partial charge in [-0.05, 0) is 12.1 Å². The molecule has 0 spiro atoms. The fraction of sp³-hybridized carbons (Fsp3) is 0.188. The van der Waals surface area contributed by atoms with Gasteiger partial charge in [-0.2, -0.15) is 0 Å². The topological polar surface area (TPSA) is 45.1 Å². The predicted octanol–water partition coefficient (Wildman–Crippen LogP) is 3.11. The van der Waals surface area contributed by atoms with Crippen molar-refractivity contribution in [2.75, 3.05) is 13.1 Å². The second-order valence-corrected chi connectivity index (χ2v) is 5.58. The Labute approximate surface area is 127 Å². The largest absolute Gasteiger partial charge is 0.316 e. The van der Waals surface area contributed by atoms with Crippen LogP contribution in [0.4, 0.5) is 0 Å². The zero-order valence-corrected chi connectivity index (χ0v) is 11.9. The minimum Gasteiger partial charge on any atom is -0.316 e. The van der Waals surface area contributed by atoms with Crippen LogP contribution in [0.5, 0.6) is 0 Å². The molecule has 0 bridgehead atoms. The number of hydrogen-bond acceptors (Lipinski definition) is 4. The van der Waals surface area contributed by atoms with Crippen LogP contribution in [0.2, 0.25) is 5.02 Å². The minimum atomic E-state index is -1.05. The molecule has 1 N–H and O–H groups in total. The van der Waals surface area contributed by atoms with E-state index >= 15 is 0 Å². The van der Waals surface area contributed by atoms with Crippen molar-refractivity contribution in [2.24, 2.45) is 4.99 Å². The van der Waals surface area contributed by atoms with E-state index in [0.29, 0.717) is 18.1 Å². The maximum Gasteiger partial charge on any atom is 0.228 e. The van der Waals surface area contributed by atoms with Gasteiger partial charge >= 0.3 is 0 Å². The Morgan fingerprint density at radius 3 is 2.67 bits per heavy atom. The van der Waals surface area contributed by atoms with Crippen LogP contribution in [0, 0.1) is 0 Å². The Morgan fingerprint density at radius 2 is 1.90 bits per heavy atom. The van der Waals surface area contributed by atoms with Crippen molar-refractivity contribution >= 4 is 17.4 Å². The van der Waals surface area contributed by atoms with Crippen LogP contribution in [-0.2, 0) is 10.6 Å². The molecule has 4 rings (SSSR count). The van der Waals surface area contributed by atoms with Crippen LogP contribution in [0.25, 0.3) is 0 Å². The van der Waals surface area contributed by atoms with Crippen molar-refractivity contribution in [3.63, 3.8) is 0 Å². The van der Waals surface area contributed by atoms with Crippen LogP contribution < -0.4 is 0 Å². The van der Waals surface area contributed by atoms with Crippen molar-refractivity contribution < 1.29 is 10.1 Å². The van der Waals surface area contributed by atoms with Gasteiger partial charge in [0.1, 0.15) is 5.84 Å². The first kappa shape index (κ1) is 12.8. The number of hydrogen-bond donors (Lipinski definition) is 1. The number of rotatable bonds is 2. The molecule has 0 radical (unpaired) electrons. The first-order valence-corrected chi connectivity index (χ1v) is 7.16. The van der Waals surface area contributed by atoms with Crippen molar-refractivity contribution in [3.8, 4) is 0 Å². The van der Waals surface area contributed by atoms with E-state index < -0.39 is 5.72 Å². The third-order valence-corrected chi connectivity index (χ3v) is 4.37. The van der Waals surface area contributed by atoms with Gasteiger partial charge in [0.05, 0.1) is 6.54 Å². The van der Waals surface area contributed by atoms with Crippen molar-refractivity contribution in [3.05, 3.63) is 70.2 Å². The van der Waals surface area contributed by atoms with Crippen molar-refractivity contribution in [1.82, 2.24) is 4.90 Å². The highest BCUT2D eigenvalue weighted by Gasteiger charge is 2.52. The summed E-state index contributed by atoms with van der Waals surface area (Å²) in [6.45, 7) is 1.40. The quantitative estimate of drug-likeness (QED) is 0.685. The second-order valence-electron chi connectivity index (χ2n) is 5.14. The molecular formula is C16H13ClN2O2. The molecule has 106 valence electrons. The molecule has 0 aliphatic carbocycles. The lowest BCUT2D eigenvalue weighted by Crippen LogP contribution is -2.45. The van der Waals surface area contributed by atoms with Gasteiger partial charge in [-0.3, -0.25) is 4.99 Å². The molecule has 0 fully saturated rings. The van der Waals surface area contributed by atoms with Crippen LogP contribution in [0.1, 0.15) is 16.7 Å². The molecule has 2 heterocycles. The smallest absolute Gasteiger partial charge is 0.228 e. The highest BCUT2D eigenvalue weighted by molar-refractivity contribution is 6.30. The summed E-state index contributed by atoms with van der Waals surface area (Å²) in [5, 5.41) is 10.5. The monoisotopic (exact) mass is 300 g/mol. The molecule has 0 aromatic heterocycles. The molecule has 5 heteroatoms. The summed E-state index contributed by atoms with van der Waals surface area (Å²) in [5.74, 6) is 0.870. The van der Waals surface area contributed by atoms with Gasteiger partial charge < -0.3 is 4.90 Å². The lowest BCUT2D eigenvalue weighted by atomic mass is 9.93. The standard InChI is InChI=1S/C16H13ClN2O2/c17-12-7-5-11(6-8-12)16(21-20)14-4-2-1-3-13(14)15-18-9-10-19(15)16/h1-8,20H,9-10H2. The van der Waals surface area contributed by atoms with E-state index in [0.717, 1.165) is 22.5 Å². The Kier molecular flexibility index (Phi) is 2.79. The number of benzene rings is 2. The fourth-order valence-corrected chi connectivity index (χ4v) is 3.37. The molecule has 4 nitrogen and oxygen atoms in total. The normalized spacial score (nSPS) is 23.0. The van der Waals surface area contributed by atoms with Gasteiger partial charge in [-0.25, -0.2) is 10.1 Å². The second kappa shape index (κ2) is 4.56. The number of amidine groups is 1. The maximum absolute atomic E-state index is 9.80. The summed E-state index contributed by atoms with van der Waals surface area (Å²) in [6, 6.07) is 15.2. The van der Waals surface area contributed by atoms with Crippen molar-refractivity contribution in [2.45, 2.75) is 5.72 Å². The molecule has 2 aliphatic heterocycles. The van der Waals surface area contributed by atoms with Gasteiger partial charge in [-0.1, -0.05) is 48.0 Å². The molecule has 1 unspecified atom stereocenters. The fourth-order valence-electron chi connectivity index (χ4n) is 3.24. The molecule has 0 amide bonds. The molecule has 1 atom stereocenters.